The van der Waals surface area contributed by atoms with Crippen molar-refractivity contribution in [3.05, 3.63) is 24.8 Å². The third-order valence-corrected chi connectivity index (χ3v) is 1.12. The summed E-state index contributed by atoms with van der Waals surface area (Å²) in [6, 6.07) is 0. The summed E-state index contributed by atoms with van der Waals surface area (Å²) in [5, 5.41) is 0.365. The molecule has 1 heterocycles. The summed E-state index contributed by atoms with van der Waals surface area (Å²) in [6.07, 6.45) is 2.89. The van der Waals surface area contributed by atoms with Gasteiger partial charge in [-0.3, -0.25) is 9.59 Å². The number of amides is 2. The van der Waals surface area contributed by atoms with Crippen LogP contribution in [0.4, 0.5) is 0 Å². The van der Waals surface area contributed by atoms with Crippen molar-refractivity contribution < 1.29 is 19.2 Å². The normalized spacial score (nSPS) is 15.2. The second kappa shape index (κ2) is 3.00. The molecule has 1 aliphatic rings. The monoisotopic (exact) mass is 167 g/mol. The van der Waals surface area contributed by atoms with E-state index >= 15 is 0 Å². The van der Waals surface area contributed by atoms with Gasteiger partial charge in [0.1, 0.15) is 0 Å². The van der Waals surface area contributed by atoms with E-state index in [1.54, 1.807) is 0 Å². The van der Waals surface area contributed by atoms with Crippen molar-refractivity contribution in [2.45, 2.75) is 0 Å². The van der Waals surface area contributed by atoms with Gasteiger partial charge in [-0.1, -0.05) is 11.6 Å². The molecule has 0 spiro atoms. The molecular formula is C7H5NO4. The predicted molar refractivity (Wildman–Crippen MR) is 37.3 cm³/mol. The first kappa shape index (κ1) is 8.19. The molecule has 0 unspecified atom stereocenters. The van der Waals surface area contributed by atoms with Gasteiger partial charge in [0.2, 0.25) is 0 Å². The van der Waals surface area contributed by atoms with Gasteiger partial charge in [-0.05, 0) is 0 Å². The minimum Gasteiger partial charge on any atom is -0.325 e. The molecule has 0 fully saturated rings. The van der Waals surface area contributed by atoms with Crippen LogP contribution in [0.5, 0.6) is 0 Å². The maximum Gasteiger partial charge on any atom is 0.356 e. The first-order valence-corrected chi connectivity index (χ1v) is 3.05. The fourth-order valence-corrected chi connectivity index (χ4v) is 0.604. The molecule has 5 nitrogen and oxygen atoms in total. The van der Waals surface area contributed by atoms with Gasteiger partial charge in [-0.15, -0.1) is 0 Å². The van der Waals surface area contributed by atoms with Gasteiger partial charge in [0, 0.05) is 18.2 Å². The summed E-state index contributed by atoms with van der Waals surface area (Å²) in [4.78, 5) is 36.3. The SMILES string of the molecule is C=CC(=O)ON1C(=O)C=CC1=O. The lowest BCUT2D eigenvalue weighted by molar-refractivity contribution is -0.192. The van der Waals surface area contributed by atoms with E-state index in [4.69, 9.17) is 0 Å². The molecule has 0 aromatic heterocycles. The Labute approximate surface area is 67.9 Å². The molecule has 0 aromatic carbocycles. The highest BCUT2D eigenvalue weighted by atomic mass is 16.7. The Hall–Kier alpha value is -1.91. The lowest BCUT2D eigenvalue weighted by Crippen LogP contribution is -2.32. The van der Waals surface area contributed by atoms with Crippen molar-refractivity contribution in [2.24, 2.45) is 0 Å². The standard InChI is InChI=1S/C7H5NO4/c1-2-7(11)12-8-5(9)3-4-6(8)10/h2-4H,1H2. The smallest absolute Gasteiger partial charge is 0.325 e. The Bertz CT molecular complexity index is 274. The minimum atomic E-state index is -0.847. The summed E-state index contributed by atoms with van der Waals surface area (Å²) in [5.41, 5.74) is 0. The van der Waals surface area contributed by atoms with Crippen molar-refractivity contribution in [3.63, 3.8) is 0 Å². The van der Waals surface area contributed by atoms with Crippen LogP contribution in [0.25, 0.3) is 0 Å². The largest absolute Gasteiger partial charge is 0.356 e. The molecule has 12 heavy (non-hydrogen) atoms. The molecular weight excluding hydrogens is 162 g/mol. The van der Waals surface area contributed by atoms with Crippen molar-refractivity contribution in [1.82, 2.24) is 5.06 Å². The van der Waals surface area contributed by atoms with E-state index in [0.717, 1.165) is 18.2 Å². The zero-order valence-electron chi connectivity index (χ0n) is 6.02. The van der Waals surface area contributed by atoms with E-state index in [0.29, 0.717) is 5.06 Å². The molecule has 0 aliphatic carbocycles. The van der Waals surface area contributed by atoms with Gasteiger partial charge in [0.25, 0.3) is 11.8 Å². The van der Waals surface area contributed by atoms with E-state index in [-0.39, 0.29) is 0 Å². The van der Waals surface area contributed by atoms with E-state index in [1.807, 2.05) is 0 Å². The first-order chi connectivity index (χ1) is 5.65. The number of nitrogens with zero attached hydrogens (tertiary/aromatic N) is 1. The quantitative estimate of drug-likeness (QED) is 0.413. The molecule has 0 radical (unpaired) electrons. The Balaban J connectivity index is 2.65. The maximum atomic E-state index is 10.7. The lowest BCUT2D eigenvalue weighted by Gasteiger charge is -2.09. The van der Waals surface area contributed by atoms with Crippen molar-refractivity contribution in [1.29, 1.82) is 0 Å². The molecule has 2 amide bonds. The third-order valence-electron chi connectivity index (χ3n) is 1.12. The molecule has 5 heteroatoms. The van der Waals surface area contributed by atoms with Crippen LogP contribution >= 0.6 is 0 Å². The highest BCUT2D eigenvalue weighted by Gasteiger charge is 2.26. The number of hydrogen-bond acceptors (Lipinski definition) is 4. The van der Waals surface area contributed by atoms with Gasteiger partial charge < -0.3 is 4.84 Å². The Morgan fingerprint density at radius 1 is 1.42 bits per heavy atom. The summed E-state index contributed by atoms with van der Waals surface area (Å²) >= 11 is 0. The topological polar surface area (TPSA) is 63.7 Å². The average molecular weight is 167 g/mol. The maximum absolute atomic E-state index is 10.7. The van der Waals surface area contributed by atoms with E-state index in [1.165, 1.54) is 0 Å². The van der Waals surface area contributed by atoms with Crippen molar-refractivity contribution in [2.75, 3.05) is 0 Å². The van der Waals surface area contributed by atoms with Crippen LogP contribution in [0.2, 0.25) is 0 Å². The highest BCUT2D eigenvalue weighted by molar-refractivity contribution is 6.12. The molecule has 0 saturated carbocycles. The number of carbonyl (C=O) groups excluding carboxylic acids is 3. The molecule has 62 valence electrons. The van der Waals surface area contributed by atoms with Crippen LogP contribution in [-0.4, -0.2) is 22.8 Å². The van der Waals surface area contributed by atoms with Crippen LogP contribution < -0.4 is 0 Å². The number of carbonyl (C=O) groups is 3. The van der Waals surface area contributed by atoms with Crippen LogP contribution in [0, 0.1) is 0 Å². The average Bonchev–Trinajstić information content (AvgIpc) is 2.35. The Kier molecular flexibility index (Phi) is 2.05. The van der Waals surface area contributed by atoms with E-state index in [2.05, 4.69) is 11.4 Å². The summed E-state index contributed by atoms with van der Waals surface area (Å²) < 4.78 is 0. The Morgan fingerprint density at radius 3 is 2.33 bits per heavy atom. The van der Waals surface area contributed by atoms with Crippen LogP contribution in [0.1, 0.15) is 0 Å². The molecule has 0 atom stereocenters. The molecule has 0 saturated heterocycles. The lowest BCUT2D eigenvalue weighted by atomic mass is 10.6. The number of hydroxylamine groups is 2. The number of hydrogen-bond donors (Lipinski definition) is 0. The van der Waals surface area contributed by atoms with Crippen molar-refractivity contribution >= 4 is 17.8 Å². The zero-order chi connectivity index (χ0) is 9.14. The van der Waals surface area contributed by atoms with Gasteiger partial charge in [0.15, 0.2) is 0 Å². The molecule has 0 aromatic rings. The first-order valence-electron chi connectivity index (χ1n) is 3.05. The molecule has 1 aliphatic heterocycles. The van der Waals surface area contributed by atoms with Crippen LogP contribution in [-0.2, 0) is 19.2 Å². The fraction of sp³-hybridized carbons (Fsp3) is 0. The summed E-state index contributed by atoms with van der Waals surface area (Å²) in [7, 11) is 0. The zero-order valence-corrected chi connectivity index (χ0v) is 6.02. The van der Waals surface area contributed by atoms with Crippen LogP contribution in [0.3, 0.4) is 0 Å². The number of rotatable bonds is 2. The third kappa shape index (κ3) is 1.39. The summed E-state index contributed by atoms with van der Waals surface area (Å²) in [5.74, 6) is -2.19. The van der Waals surface area contributed by atoms with Gasteiger partial charge in [-0.2, -0.15) is 0 Å². The van der Waals surface area contributed by atoms with E-state index < -0.39 is 17.8 Å². The van der Waals surface area contributed by atoms with Gasteiger partial charge >= 0.3 is 5.97 Å². The Morgan fingerprint density at radius 2 is 1.92 bits per heavy atom. The van der Waals surface area contributed by atoms with Crippen molar-refractivity contribution in [3.8, 4) is 0 Å². The van der Waals surface area contributed by atoms with E-state index in [9.17, 15) is 14.4 Å². The molecule has 0 bridgehead atoms. The second-order valence-electron chi connectivity index (χ2n) is 1.92. The number of imide groups is 1. The van der Waals surface area contributed by atoms with Gasteiger partial charge in [-0.25, -0.2) is 4.79 Å². The second-order valence-corrected chi connectivity index (χ2v) is 1.92. The highest BCUT2D eigenvalue weighted by Crippen LogP contribution is 2.03. The molecule has 0 N–H and O–H groups in total. The molecule has 1 rings (SSSR count). The summed E-state index contributed by atoms with van der Waals surface area (Å²) in [6.45, 7) is 3.11. The fourth-order valence-electron chi connectivity index (χ4n) is 0.604. The minimum absolute atomic E-state index is 0.365. The van der Waals surface area contributed by atoms with Crippen LogP contribution in [0.15, 0.2) is 24.8 Å². The van der Waals surface area contributed by atoms with Gasteiger partial charge in [0.05, 0.1) is 0 Å². The predicted octanol–water partition coefficient (Wildman–Crippen LogP) is -0.444.